The number of hydrogen-bond acceptors (Lipinski definition) is 1. The van der Waals surface area contributed by atoms with E-state index in [1.54, 1.807) is 12.1 Å². The Bertz CT molecular complexity index is 392. The van der Waals surface area contributed by atoms with Crippen molar-refractivity contribution < 1.29 is 9.50 Å². The lowest BCUT2D eigenvalue weighted by Gasteiger charge is -2.37. The summed E-state index contributed by atoms with van der Waals surface area (Å²) < 4.78 is 13.6. The summed E-state index contributed by atoms with van der Waals surface area (Å²) in [6.07, 6.45) is 4.89. The van der Waals surface area contributed by atoms with E-state index < -0.39 is 5.60 Å². The predicted octanol–water partition coefficient (Wildman–Crippen LogP) is 3.95. The second kappa shape index (κ2) is 5.40. The molecule has 1 N–H and O–H groups in total. The van der Waals surface area contributed by atoms with Gasteiger partial charge in [-0.15, -0.1) is 0 Å². The Kier molecular flexibility index (Phi) is 4.06. The normalized spacial score (nSPS) is 27.8. The summed E-state index contributed by atoms with van der Waals surface area (Å²) in [4.78, 5) is 0. The van der Waals surface area contributed by atoms with Gasteiger partial charge in [0.05, 0.1) is 5.60 Å². The Hall–Kier alpha value is -0.890. The summed E-state index contributed by atoms with van der Waals surface area (Å²) in [6, 6.07) is 6.76. The third-order valence-corrected chi connectivity index (χ3v) is 4.40. The number of rotatable bonds is 3. The van der Waals surface area contributed by atoms with Crippen LogP contribution in [-0.4, -0.2) is 10.7 Å². The molecule has 0 heterocycles. The molecule has 0 bridgehead atoms. The molecule has 1 aliphatic carbocycles. The maximum Gasteiger partial charge on any atom is 0.126 e. The molecule has 1 saturated carbocycles. The maximum absolute atomic E-state index is 13.6. The topological polar surface area (TPSA) is 20.2 Å². The Morgan fingerprint density at radius 2 is 1.83 bits per heavy atom. The molecule has 18 heavy (non-hydrogen) atoms. The SMILES string of the molecule is CC1CCC(C(C)(O)Cc2ccccc2F)CC1. The van der Waals surface area contributed by atoms with Crippen LogP contribution in [0.2, 0.25) is 0 Å². The molecule has 0 spiro atoms. The summed E-state index contributed by atoms with van der Waals surface area (Å²) in [5, 5.41) is 10.6. The van der Waals surface area contributed by atoms with Crippen molar-refractivity contribution >= 4 is 0 Å². The fourth-order valence-corrected chi connectivity index (χ4v) is 3.05. The van der Waals surface area contributed by atoms with Gasteiger partial charge in [-0.1, -0.05) is 38.0 Å². The van der Waals surface area contributed by atoms with E-state index >= 15 is 0 Å². The molecule has 1 aliphatic rings. The zero-order valence-electron chi connectivity index (χ0n) is 11.3. The lowest BCUT2D eigenvalue weighted by atomic mass is 9.72. The van der Waals surface area contributed by atoms with E-state index in [2.05, 4.69) is 6.92 Å². The van der Waals surface area contributed by atoms with Crippen molar-refractivity contribution in [2.45, 2.75) is 51.6 Å². The van der Waals surface area contributed by atoms with Gasteiger partial charge < -0.3 is 5.11 Å². The second-order valence-corrected chi connectivity index (χ2v) is 6.08. The van der Waals surface area contributed by atoms with Crippen LogP contribution in [0.15, 0.2) is 24.3 Å². The number of hydrogen-bond donors (Lipinski definition) is 1. The zero-order chi connectivity index (χ0) is 13.2. The number of aliphatic hydroxyl groups is 1. The molecular weight excluding hydrogens is 227 g/mol. The minimum Gasteiger partial charge on any atom is -0.390 e. The van der Waals surface area contributed by atoms with Gasteiger partial charge in [-0.05, 0) is 43.2 Å². The highest BCUT2D eigenvalue weighted by molar-refractivity contribution is 5.19. The first-order valence-corrected chi connectivity index (χ1v) is 6.95. The van der Waals surface area contributed by atoms with Crippen molar-refractivity contribution in [3.05, 3.63) is 35.6 Å². The maximum atomic E-state index is 13.6. The molecule has 1 fully saturated rings. The van der Waals surface area contributed by atoms with Gasteiger partial charge in [-0.3, -0.25) is 0 Å². The molecule has 2 rings (SSSR count). The van der Waals surface area contributed by atoms with Crippen LogP contribution in [0.1, 0.15) is 45.1 Å². The van der Waals surface area contributed by atoms with Gasteiger partial charge in [0.25, 0.3) is 0 Å². The zero-order valence-corrected chi connectivity index (χ0v) is 11.3. The first kappa shape index (κ1) is 13.5. The first-order chi connectivity index (χ1) is 8.49. The van der Waals surface area contributed by atoms with E-state index in [1.165, 1.54) is 18.9 Å². The van der Waals surface area contributed by atoms with Gasteiger partial charge in [0.1, 0.15) is 5.82 Å². The lowest BCUT2D eigenvalue weighted by Crippen LogP contribution is -2.39. The van der Waals surface area contributed by atoms with Crippen LogP contribution in [0, 0.1) is 17.7 Å². The number of benzene rings is 1. The molecule has 2 heteroatoms. The monoisotopic (exact) mass is 250 g/mol. The van der Waals surface area contributed by atoms with Crippen molar-refractivity contribution in [3.63, 3.8) is 0 Å². The van der Waals surface area contributed by atoms with E-state index in [-0.39, 0.29) is 5.82 Å². The minimum absolute atomic E-state index is 0.207. The largest absolute Gasteiger partial charge is 0.390 e. The summed E-state index contributed by atoms with van der Waals surface area (Å²) in [7, 11) is 0. The van der Waals surface area contributed by atoms with Crippen molar-refractivity contribution in [2.24, 2.45) is 11.8 Å². The Morgan fingerprint density at radius 3 is 2.44 bits per heavy atom. The van der Waals surface area contributed by atoms with Crippen LogP contribution in [0.5, 0.6) is 0 Å². The van der Waals surface area contributed by atoms with Crippen molar-refractivity contribution in [1.82, 2.24) is 0 Å². The average molecular weight is 250 g/mol. The Morgan fingerprint density at radius 1 is 1.22 bits per heavy atom. The van der Waals surface area contributed by atoms with Gasteiger partial charge in [-0.2, -0.15) is 0 Å². The average Bonchev–Trinajstić information content (AvgIpc) is 2.32. The van der Waals surface area contributed by atoms with Gasteiger partial charge in [0.2, 0.25) is 0 Å². The quantitative estimate of drug-likeness (QED) is 0.861. The highest BCUT2D eigenvalue weighted by Crippen LogP contribution is 2.37. The summed E-state index contributed by atoms with van der Waals surface area (Å²) in [6.45, 7) is 4.13. The van der Waals surface area contributed by atoms with Gasteiger partial charge in [0, 0.05) is 6.42 Å². The van der Waals surface area contributed by atoms with E-state index in [4.69, 9.17) is 0 Å². The predicted molar refractivity (Wildman–Crippen MR) is 71.8 cm³/mol. The fourth-order valence-electron chi connectivity index (χ4n) is 3.05. The Balaban J connectivity index is 2.05. The third kappa shape index (κ3) is 3.11. The van der Waals surface area contributed by atoms with Crippen molar-refractivity contribution in [3.8, 4) is 0 Å². The molecular formula is C16H23FO. The molecule has 1 aromatic rings. The molecule has 1 nitrogen and oxygen atoms in total. The summed E-state index contributed by atoms with van der Waals surface area (Å²) >= 11 is 0. The Labute approximate surface area is 109 Å². The highest BCUT2D eigenvalue weighted by Gasteiger charge is 2.34. The van der Waals surface area contributed by atoms with Crippen LogP contribution >= 0.6 is 0 Å². The van der Waals surface area contributed by atoms with E-state index in [0.29, 0.717) is 17.9 Å². The highest BCUT2D eigenvalue weighted by atomic mass is 19.1. The van der Waals surface area contributed by atoms with E-state index in [9.17, 15) is 9.50 Å². The smallest absolute Gasteiger partial charge is 0.126 e. The molecule has 0 radical (unpaired) electrons. The van der Waals surface area contributed by atoms with E-state index in [0.717, 1.165) is 18.8 Å². The van der Waals surface area contributed by atoms with Crippen LogP contribution in [0.4, 0.5) is 4.39 Å². The van der Waals surface area contributed by atoms with Gasteiger partial charge in [-0.25, -0.2) is 4.39 Å². The molecule has 0 saturated heterocycles. The molecule has 1 unspecified atom stereocenters. The number of halogens is 1. The van der Waals surface area contributed by atoms with Gasteiger partial charge in [0.15, 0.2) is 0 Å². The molecule has 1 aromatic carbocycles. The van der Waals surface area contributed by atoms with Crippen LogP contribution in [0.25, 0.3) is 0 Å². The third-order valence-electron chi connectivity index (χ3n) is 4.40. The molecule has 0 aliphatic heterocycles. The molecule has 0 aromatic heterocycles. The van der Waals surface area contributed by atoms with Crippen LogP contribution in [-0.2, 0) is 6.42 Å². The van der Waals surface area contributed by atoms with E-state index in [1.807, 2.05) is 13.0 Å². The minimum atomic E-state index is -0.789. The van der Waals surface area contributed by atoms with Crippen molar-refractivity contribution in [2.75, 3.05) is 0 Å². The standard InChI is InChI=1S/C16H23FO/c1-12-7-9-14(10-8-12)16(2,18)11-13-5-3-4-6-15(13)17/h3-6,12,14,18H,7-11H2,1-2H3. The van der Waals surface area contributed by atoms with Crippen LogP contribution < -0.4 is 0 Å². The second-order valence-electron chi connectivity index (χ2n) is 6.08. The van der Waals surface area contributed by atoms with Crippen molar-refractivity contribution in [1.29, 1.82) is 0 Å². The molecule has 1 atom stereocenters. The summed E-state index contributed by atoms with van der Waals surface area (Å²) in [5.74, 6) is 0.862. The van der Waals surface area contributed by atoms with Gasteiger partial charge >= 0.3 is 0 Å². The fraction of sp³-hybridized carbons (Fsp3) is 0.625. The van der Waals surface area contributed by atoms with Crippen LogP contribution in [0.3, 0.4) is 0 Å². The summed E-state index contributed by atoms with van der Waals surface area (Å²) in [5.41, 5.74) is -0.163. The molecule has 0 amide bonds. The first-order valence-electron chi connectivity index (χ1n) is 6.95. The molecule has 100 valence electrons. The lowest BCUT2D eigenvalue weighted by molar-refractivity contribution is -0.0214.